The molecule has 0 atom stereocenters. The minimum atomic E-state index is -0.767. The third-order valence-corrected chi connectivity index (χ3v) is 5.46. The number of hydrogen-bond donors (Lipinski definition) is 0. The Morgan fingerprint density at radius 1 is 1.00 bits per heavy atom. The fourth-order valence-corrected chi connectivity index (χ4v) is 3.59. The van der Waals surface area contributed by atoms with Gasteiger partial charge in [-0.2, -0.15) is 9.78 Å². The lowest BCUT2D eigenvalue weighted by molar-refractivity contribution is 0.0735. The molecule has 1 aliphatic rings. The second-order valence-electron chi connectivity index (χ2n) is 7.11. The molecule has 0 radical (unpaired) electrons. The number of halogens is 2. The van der Waals surface area contributed by atoms with Gasteiger partial charge in [0.05, 0.1) is 11.4 Å². The summed E-state index contributed by atoms with van der Waals surface area (Å²) in [6.45, 7) is 1.39. The van der Waals surface area contributed by atoms with Gasteiger partial charge in [0.1, 0.15) is 5.82 Å². The van der Waals surface area contributed by atoms with Gasteiger partial charge < -0.3 is 9.80 Å². The number of nitrogens with zero attached hydrogens (tertiary/aromatic N) is 5. The minimum Gasteiger partial charge on any atom is -0.366 e. The molecule has 2 heterocycles. The van der Waals surface area contributed by atoms with E-state index in [0.29, 0.717) is 29.5 Å². The van der Waals surface area contributed by atoms with E-state index < -0.39 is 17.2 Å². The number of rotatable bonds is 3. The summed E-state index contributed by atoms with van der Waals surface area (Å²) in [7, 11) is 1.30. The number of benzene rings is 2. The van der Waals surface area contributed by atoms with E-state index >= 15 is 0 Å². The van der Waals surface area contributed by atoms with Crippen molar-refractivity contribution in [3.05, 3.63) is 85.9 Å². The van der Waals surface area contributed by atoms with Gasteiger partial charge in [-0.15, -0.1) is 0 Å². The van der Waals surface area contributed by atoms with Crippen LogP contribution in [0.25, 0.3) is 5.69 Å². The van der Waals surface area contributed by atoms with Crippen LogP contribution in [0.15, 0.2) is 58.1 Å². The lowest BCUT2D eigenvalue weighted by Crippen LogP contribution is -2.51. The van der Waals surface area contributed by atoms with Gasteiger partial charge in [-0.05, 0) is 36.4 Å². The maximum Gasteiger partial charge on any atom is 0.351 e. The van der Waals surface area contributed by atoms with Crippen LogP contribution in [0.2, 0.25) is 5.02 Å². The van der Waals surface area contributed by atoms with E-state index in [1.807, 2.05) is 4.90 Å². The molecule has 4 rings (SSSR count). The highest BCUT2D eigenvalue weighted by Gasteiger charge is 2.27. The van der Waals surface area contributed by atoms with E-state index in [0.717, 1.165) is 9.25 Å². The largest absolute Gasteiger partial charge is 0.366 e. The third kappa shape index (κ3) is 3.96. The average molecular weight is 444 g/mol. The first-order valence-electron chi connectivity index (χ1n) is 9.62. The molecule has 0 N–H and O–H groups in total. The maximum atomic E-state index is 14.0. The molecule has 0 spiro atoms. The van der Waals surface area contributed by atoms with Crippen LogP contribution >= 0.6 is 11.6 Å². The molecule has 2 aromatic carbocycles. The van der Waals surface area contributed by atoms with Gasteiger partial charge in [-0.1, -0.05) is 23.7 Å². The van der Waals surface area contributed by atoms with Crippen molar-refractivity contribution in [3.8, 4) is 5.69 Å². The number of anilines is 1. The van der Waals surface area contributed by atoms with E-state index in [9.17, 15) is 18.8 Å². The smallest absolute Gasteiger partial charge is 0.351 e. The van der Waals surface area contributed by atoms with Crippen LogP contribution in [0.3, 0.4) is 0 Å². The van der Waals surface area contributed by atoms with Gasteiger partial charge in [0, 0.05) is 38.2 Å². The Morgan fingerprint density at radius 3 is 2.29 bits per heavy atom. The summed E-state index contributed by atoms with van der Waals surface area (Å²) >= 11 is 5.89. The molecule has 1 fully saturated rings. The summed E-state index contributed by atoms with van der Waals surface area (Å²) in [6, 6.07) is 12.8. The predicted molar refractivity (Wildman–Crippen MR) is 115 cm³/mol. The highest BCUT2D eigenvalue weighted by Crippen LogP contribution is 2.20. The Bertz CT molecular complexity index is 1250. The molecule has 10 heteroatoms. The van der Waals surface area contributed by atoms with Crippen LogP contribution in [-0.4, -0.2) is 51.3 Å². The molecule has 8 nitrogen and oxygen atoms in total. The van der Waals surface area contributed by atoms with Crippen LogP contribution in [0.1, 0.15) is 10.5 Å². The Labute approximate surface area is 181 Å². The summed E-state index contributed by atoms with van der Waals surface area (Å²) in [5, 5.41) is 4.54. The summed E-state index contributed by atoms with van der Waals surface area (Å²) in [4.78, 5) is 41.5. The number of carbonyl (C=O) groups excluding carboxylic acids is 1. The normalized spacial score (nSPS) is 14.0. The molecule has 1 amide bonds. The molecular formula is C21H19ClFN5O3. The maximum absolute atomic E-state index is 14.0. The third-order valence-electron chi connectivity index (χ3n) is 5.21. The van der Waals surface area contributed by atoms with Crippen molar-refractivity contribution < 1.29 is 9.18 Å². The van der Waals surface area contributed by atoms with Crippen LogP contribution < -0.4 is 16.1 Å². The van der Waals surface area contributed by atoms with E-state index in [2.05, 4.69) is 5.10 Å². The standard InChI is InChI=1S/C21H19ClFN5O3/c1-25-19(29)18(24-28(21(25)31)15-8-6-14(22)7-9-15)20(30)27-12-10-26(11-13-27)17-5-3-2-4-16(17)23/h2-9H,10-13H2,1H3. The quantitative estimate of drug-likeness (QED) is 0.615. The number of hydrogen-bond acceptors (Lipinski definition) is 5. The Morgan fingerprint density at radius 2 is 1.65 bits per heavy atom. The fourth-order valence-electron chi connectivity index (χ4n) is 3.47. The van der Waals surface area contributed by atoms with Gasteiger partial charge in [-0.3, -0.25) is 14.2 Å². The number of para-hydroxylation sites is 1. The number of carbonyl (C=O) groups is 1. The lowest BCUT2D eigenvalue weighted by atomic mass is 10.2. The second-order valence-corrected chi connectivity index (χ2v) is 7.55. The van der Waals surface area contributed by atoms with Crippen molar-refractivity contribution in [2.45, 2.75) is 0 Å². The van der Waals surface area contributed by atoms with Gasteiger partial charge >= 0.3 is 5.69 Å². The molecule has 0 unspecified atom stereocenters. The number of piperazine rings is 1. The first-order valence-corrected chi connectivity index (χ1v) is 9.99. The summed E-state index contributed by atoms with van der Waals surface area (Å²) in [5.74, 6) is -0.899. The van der Waals surface area contributed by atoms with Crippen molar-refractivity contribution in [2.24, 2.45) is 7.05 Å². The Balaban J connectivity index is 1.61. The van der Waals surface area contributed by atoms with Gasteiger partial charge in [0.25, 0.3) is 11.5 Å². The second kappa shape index (κ2) is 8.35. The Hall–Kier alpha value is -3.46. The molecule has 1 aliphatic heterocycles. The summed E-state index contributed by atoms with van der Waals surface area (Å²) in [6.07, 6.45) is 0. The van der Waals surface area contributed by atoms with Crippen LogP contribution in [-0.2, 0) is 7.05 Å². The van der Waals surface area contributed by atoms with Crippen molar-refractivity contribution in [1.29, 1.82) is 0 Å². The van der Waals surface area contributed by atoms with Crippen LogP contribution in [0.5, 0.6) is 0 Å². The van der Waals surface area contributed by atoms with Crippen molar-refractivity contribution in [2.75, 3.05) is 31.1 Å². The van der Waals surface area contributed by atoms with E-state index in [4.69, 9.17) is 11.6 Å². The zero-order chi connectivity index (χ0) is 22.1. The average Bonchev–Trinajstić information content (AvgIpc) is 2.79. The van der Waals surface area contributed by atoms with E-state index in [-0.39, 0.29) is 24.6 Å². The van der Waals surface area contributed by atoms with Crippen molar-refractivity contribution >= 4 is 23.2 Å². The van der Waals surface area contributed by atoms with E-state index in [1.165, 1.54) is 18.0 Å². The number of aromatic nitrogens is 3. The number of amides is 1. The molecule has 160 valence electrons. The molecule has 3 aromatic rings. The zero-order valence-electron chi connectivity index (χ0n) is 16.7. The molecule has 31 heavy (non-hydrogen) atoms. The predicted octanol–water partition coefficient (Wildman–Crippen LogP) is 1.69. The fraction of sp³-hybridized carbons (Fsp3) is 0.238. The molecular weight excluding hydrogens is 425 g/mol. The first kappa shape index (κ1) is 20.8. The minimum absolute atomic E-state index is 0.290. The van der Waals surface area contributed by atoms with Crippen molar-refractivity contribution in [3.63, 3.8) is 0 Å². The highest BCUT2D eigenvalue weighted by atomic mass is 35.5. The molecule has 1 aromatic heterocycles. The molecule has 0 aliphatic carbocycles. The SMILES string of the molecule is Cn1c(=O)c(C(=O)N2CCN(c3ccccc3F)CC2)nn(-c2ccc(Cl)cc2)c1=O. The summed E-state index contributed by atoms with van der Waals surface area (Å²) in [5.41, 5.74) is -0.940. The van der Waals surface area contributed by atoms with Crippen LogP contribution in [0, 0.1) is 5.82 Å². The van der Waals surface area contributed by atoms with Crippen molar-refractivity contribution in [1.82, 2.24) is 19.2 Å². The topological polar surface area (TPSA) is 80.4 Å². The lowest BCUT2D eigenvalue weighted by Gasteiger charge is -2.36. The van der Waals surface area contributed by atoms with Crippen LogP contribution in [0.4, 0.5) is 10.1 Å². The molecule has 1 saturated heterocycles. The van der Waals surface area contributed by atoms with E-state index in [1.54, 1.807) is 42.5 Å². The highest BCUT2D eigenvalue weighted by molar-refractivity contribution is 6.30. The molecule has 0 saturated carbocycles. The zero-order valence-corrected chi connectivity index (χ0v) is 17.4. The summed E-state index contributed by atoms with van der Waals surface area (Å²) < 4.78 is 15.9. The van der Waals surface area contributed by atoms with Gasteiger partial charge in [0.15, 0.2) is 0 Å². The van der Waals surface area contributed by atoms with Gasteiger partial charge in [0.2, 0.25) is 5.69 Å². The molecule has 0 bridgehead atoms. The first-order chi connectivity index (χ1) is 14.9. The van der Waals surface area contributed by atoms with Gasteiger partial charge in [-0.25, -0.2) is 9.18 Å². The monoisotopic (exact) mass is 443 g/mol. The Kier molecular flexibility index (Phi) is 5.60.